The first kappa shape index (κ1) is 11.8. The van der Waals surface area contributed by atoms with E-state index in [1.54, 1.807) is 0 Å². The lowest BCUT2D eigenvalue weighted by atomic mass is 9.91. The molecule has 0 fully saturated rings. The zero-order chi connectivity index (χ0) is 12.1. The molecule has 2 aromatic rings. The van der Waals surface area contributed by atoms with Crippen LogP contribution >= 0.6 is 0 Å². The fourth-order valence-corrected chi connectivity index (χ4v) is 2.14. The Balaban J connectivity index is 2.21. The maximum absolute atomic E-state index is 5.89. The van der Waals surface area contributed by atoms with Crippen molar-refractivity contribution in [3.8, 4) is 0 Å². The van der Waals surface area contributed by atoms with E-state index < -0.39 is 0 Å². The van der Waals surface area contributed by atoms with Gasteiger partial charge in [0, 0.05) is 17.8 Å². The molecule has 2 N–H and O–H groups in total. The van der Waals surface area contributed by atoms with Gasteiger partial charge in [-0.05, 0) is 43.1 Å². The van der Waals surface area contributed by atoms with Gasteiger partial charge in [-0.3, -0.25) is 4.98 Å². The minimum absolute atomic E-state index is 0.353. The Hall–Kier alpha value is -1.67. The third-order valence-electron chi connectivity index (χ3n) is 3.09. The van der Waals surface area contributed by atoms with E-state index in [4.69, 9.17) is 5.73 Å². The molecular weight excluding hydrogens is 208 g/mol. The number of pyridine rings is 1. The summed E-state index contributed by atoms with van der Waals surface area (Å²) in [7, 11) is 0. The summed E-state index contributed by atoms with van der Waals surface area (Å²) < 4.78 is 0. The number of hydrogen-bond donors (Lipinski definition) is 1. The summed E-state index contributed by atoms with van der Waals surface area (Å²) in [6, 6.07) is 14.5. The summed E-state index contributed by atoms with van der Waals surface area (Å²) in [5.74, 6) is 0.353. The van der Waals surface area contributed by atoms with E-state index in [2.05, 4.69) is 42.2 Å². The summed E-state index contributed by atoms with van der Waals surface area (Å²) in [6.45, 7) is 2.79. The normalized spacial score (nSPS) is 12.4. The van der Waals surface area contributed by atoms with Crippen LogP contribution in [0.1, 0.15) is 22.7 Å². The van der Waals surface area contributed by atoms with Crippen LogP contribution in [-0.4, -0.2) is 11.5 Å². The van der Waals surface area contributed by atoms with E-state index in [9.17, 15) is 0 Å². The Kier molecular flexibility index (Phi) is 3.89. The molecule has 0 saturated heterocycles. The largest absolute Gasteiger partial charge is 0.330 e. The van der Waals surface area contributed by atoms with Gasteiger partial charge in [-0.15, -0.1) is 0 Å². The Morgan fingerprint density at radius 2 is 1.88 bits per heavy atom. The van der Waals surface area contributed by atoms with Crippen LogP contribution in [0.3, 0.4) is 0 Å². The molecule has 0 aliphatic carbocycles. The Labute approximate surface area is 103 Å². The molecule has 1 unspecified atom stereocenters. The molecule has 1 heterocycles. The van der Waals surface area contributed by atoms with Crippen LogP contribution < -0.4 is 5.73 Å². The van der Waals surface area contributed by atoms with Crippen LogP contribution in [0, 0.1) is 6.92 Å². The molecule has 2 heteroatoms. The zero-order valence-electron chi connectivity index (χ0n) is 10.1. The average molecular weight is 226 g/mol. The van der Waals surface area contributed by atoms with Crippen molar-refractivity contribution in [2.45, 2.75) is 19.3 Å². The quantitative estimate of drug-likeness (QED) is 0.870. The third kappa shape index (κ3) is 2.92. The molecule has 1 aromatic heterocycles. The maximum atomic E-state index is 5.89. The SMILES string of the molecule is Cc1ccccc1C(CN)Cc1ccccn1. The predicted molar refractivity (Wildman–Crippen MR) is 70.9 cm³/mol. The highest BCUT2D eigenvalue weighted by Gasteiger charge is 2.12. The predicted octanol–water partition coefficient (Wildman–Crippen LogP) is 2.68. The second-order valence-corrected chi connectivity index (χ2v) is 4.31. The molecule has 1 atom stereocenters. The number of benzene rings is 1. The molecule has 0 saturated carbocycles. The number of aromatic nitrogens is 1. The Morgan fingerprint density at radius 1 is 1.12 bits per heavy atom. The molecule has 0 radical (unpaired) electrons. The highest BCUT2D eigenvalue weighted by Crippen LogP contribution is 2.22. The highest BCUT2D eigenvalue weighted by molar-refractivity contribution is 5.30. The minimum Gasteiger partial charge on any atom is -0.330 e. The fourth-order valence-electron chi connectivity index (χ4n) is 2.14. The van der Waals surface area contributed by atoms with E-state index in [0.717, 1.165) is 12.1 Å². The molecule has 88 valence electrons. The van der Waals surface area contributed by atoms with Gasteiger partial charge in [-0.1, -0.05) is 30.3 Å². The molecule has 17 heavy (non-hydrogen) atoms. The number of nitrogens with two attached hydrogens (primary N) is 1. The van der Waals surface area contributed by atoms with Crippen molar-refractivity contribution in [1.82, 2.24) is 4.98 Å². The number of rotatable bonds is 4. The van der Waals surface area contributed by atoms with Gasteiger partial charge in [0.1, 0.15) is 0 Å². The van der Waals surface area contributed by atoms with Gasteiger partial charge in [0.2, 0.25) is 0 Å². The van der Waals surface area contributed by atoms with Crippen molar-refractivity contribution in [3.63, 3.8) is 0 Å². The smallest absolute Gasteiger partial charge is 0.0410 e. The Morgan fingerprint density at radius 3 is 2.53 bits per heavy atom. The fraction of sp³-hybridized carbons (Fsp3) is 0.267. The van der Waals surface area contributed by atoms with Crippen LogP contribution in [0.4, 0.5) is 0 Å². The minimum atomic E-state index is 0.353. The number of aryl methyl sites for hydroxylation is 1. The van der Waals surface area contributed by atoms with Gasteiger partial charge in [-0.25, -0.2) is 0 Å². The third-order valence-corrected chi connectivity index (χ3v) is 3.09. The summed E-state index contributed by atoms with van der Waals surface area (Å²) in [4.78, 5) is 4.37. The summed E-state index contributed by atoms with van der Waals surface area (Å²) >= 11 is 0. The van der Waals surface area contributed by atoms with Crippen LogP contribution in [0.5, 0.6) is 0 Å². The molecular formula is C15H18N2. The van der Waals surface area contributed by atoms with Crippen LogP contribution in [0.15, 0.2) is 48.7 Å². The van der Waals surface area contributed by atoms with Gasteiger partial charge < -0.3 is 5.73 Å². The highest BCUT2D eigenvalue weighted by atomic mass is 14.7. The van der Waals surface area contributed by atoms with E-state index in [-0.39, 0.29) is 0 Å². The average Bonchev–Trinajstić information content (AvgIpc) is 2.38. The summed E-state index contributed by atoms with van der Waals surface area (Å²) in [5, 5.41) is 0. The topological polar surface area (TPSA) is 38.9 Å². The molecule has 0 aliphatic heterocycles. The molecule has 2 rings (SSSR count). The van der Waals surface area contributed by atoms with Crippen LogP contribution in [-0.2, 0) is 6.42 Å². The molecule has 0 aliphatic rings. The lowest BCUT2D eigenvalue weighted by molar-refractivity contribution is 0.678. The Bertz CT molecular complexity index is 465. The molecule has 0 amide bonds. The summed E-state index contributed by atoms with van der Waals surface area (Å²) in [6.07, 6.45) is 2.74. The van der Waals surface area contributed by atoms with Gasteiger partial charge in [0.15, 0.2) is 0 Å². The second-order valence-electron chi connectivity index (χ2n) is 4.31. The van der Waals surface area contributed by atoms with Gasteiger partial charge in [0.25, 0.3) is 0 Å². The maximum Gasteiger partial charge on any atom is 0.0410 e. The van der Waals surface area contributed by atoms with Crippen molar-refractivity contribution < 1.29 is 0 Å². The first-order valence-corrected chi connectivity index (χ1v) is 5.96. The van der Waals surface area contributed by atoms with Crippen molar-refractivity contribution in [2.24, 2.45) is 5.73 Å². The van der Waals surface area contributed by atoms with Crippen molar-refractivity contribution in [2.75, 3.05) is 6.54 Å². The van der Waals surface area contributed by atoms with Crippen molar-refractivity contribution >= 4 is 0 Å². The second kappa shape index (κ2) is 5.60. The van der Waals surface area contributed by atoms with Crippen molar-refractivity contribution in [3.05, 3.63) is 65.5 Å². The molecule has 0 spiro atoms. The van der Waals surface area contributed by atoms with Crippen molar-refractivity contribution in [1.29, 1.82) is 0 Å². The molecule has 1 aromatic carbocycles. The van der Waals surface area contributed by atoms with Gasteiger partial charge >= 0.3 is 0 Å². The lowest BCUT2D eigenvalue weighted by Gasteiger charge is -2.17. The number of nitrogens with zero attached hydrogens (tertiary/aromatic N) is 1. The van der Waals surface area contributed by atoms with E-state index in [1.165, 1.54) is 11.1 Å². The monoisotopic (exact) mass is 226 g/mol. The standard InChI is InChI=1S/C15H18N2/c1-12-6-2-3-8-15(12)13(11-16)10-14-7-4-5-9-17-14/h2-9,13H,10-11,16H2,1H3. The van der Waals surface area contributed by atoms with E-state index >= 15 is 0 Å². The summed E-state index contributed by atoms with van der Waals surface area (Å²) in [5.41, 5.74) is 9.64. The van der Waals surface area contributed by atoms with Gasteiger partial charge in [0.05, 0.1) is 0 Å². The zero-order valence-corrected chi connectivity index (χ0v) is 10.1. The first-order valence-electron chi connectivity index (χ1n) is 5.96. The van der Waals surface area contributed by atoms with Crippen LogP contribution in [0.2, 0.25) is 0 Å². The molecule has 0 bridgehead atoms. The number of hydrogen-bond acceptors (Lipinski definition) is 2. The van der Waals surface area contributed by atoms with Crippen LogP contribution in [0.25, 0.3) is 0 Å². The van der Waals surface area contributed by atoms with E-state index in [0.29, 0.717) is 12.5 Å². The first-order chi connectivity index (χ1) is 8.31. The lowest BCUT2D eigenvalue weighted by Crippen LogP contribution is -2.16. The van der Waals surface area contributed by atoms with E-state index in [1.807, 2.05) is 18.3 Å². The molecule has 2 nitrogen and oxygen atoms in total. The van der Waals surface area contributed by atoms with Gasteiger partial charge in [-0.2, -0.15) is 0 Å².